The van der Waals surface area contributed by atoms with Crippen molar-refractivity contribution in [3.05, 3.63) is 63.1 Å². The first-order valence-corrected chi connectivity index (χ1v) is 14.6. The van der Waals surface area contributed by atoms with Crippen LogP contribution in [0.25, 0.3) is 0 Å². The minimum Gasteiger partial charge on any atom is -0.352 e. The molecule has 3 rings (SSSR count). The van der Waals surface area contributed by atoms with Crippen LogP contribution in [-0.2, 0) is 26.2 Å². The fraction of sp³-hybridized carbons (Fsp3) is 0.462. The summed E-state index contributed by atoms with van der Waals surface area (Å²) in [5, 5.41) is 3.75. The van der Waals surface area contributed by atoms with Crippen LogP contribution in [0.3, 0.4) is 0 Å². The Bertz CT molecular complexity index is 1230. The molecule has 0 heterocycles. The van der Waals surface area contributed by atoms with E-state index in [1.807, 2.05) is 19.9 Å². The number of rotatable bonds is 9. The molecule has 1 aliphatic rings. The number of carbonyl (C=O) groups is 2. The predicted molar refractivity (Wildman–Crippen MR) is 145 cm³/mol. The molecule has 2 amide bonds. The first-order chi connectivity index (χ1) is 16.9. The third-order valence-electron chi connectivity index (χ3n) is 6.66. The summed E-state index contributed by atoms with van der Waals surface area (Å²) in [5.41, 5.74) is 2.99. The van der Waals surface area contributed by atoms with Crippen molar-refractivity contribution in [1.82, 2.24) is 10.2 Å². The normalized spacial score (nSPS) is 14.9. The second-order valence-electron chi connectivity index (χ2n) is 9.47. The number of hydrogen-bond acceptors (Lipinski definition) is 4. The number of benzene rings is 2. The number of hydrogen-bond donors (Lipinski definition) is 1. The number of carbonyl (C=O) groups excluding carboxylic acids is 2. The lowest BCUT2D eigenvalue weighted by molar-refractivity contribution is -0.139. The van der Waals surface area contributed by atoms with Crippen LogP contribution < -0.4 is 9.62 Å². The van der Waals surface area contributed by atoms with Gasteiger partial charge in [-0.1, -0.05) is 48.2 Å². The standard InChI is InChI=1S/C26H33Cl2N3O4S/c1-17-9-11-22(13-18(17)2)31(36(4,34)35)16-25(32)30(15-20-10-12-23(27)24(28)14-20)19(3)26(33)29-21-7-5-6-8-21/h9-14,19,21H,5-8,15-16H2,1-4H3,(H,29,33). The zero-order valence-electron chi connectivity index (χ0n) is 21.1. The molecule has 0 saturated heterocycles. The first-order valence-electron chi connectivity index (χ1n) is 12.0. The molecule has 36 heavy (non-hydrogen) atoms. The Morgan fingerprint density at radius 3 is 2.28 bits per heavy atom. The fourth-order valence-corrected chi connectivity index (χ4v) is 5.47. The minimum atomic E-state index is -3.78. The maximum atomic E-state index is 13.6. The van der Waals surface area contributed by atoms with Crippen molar-refractivity contribution in [3.63, 3.8) is 0 Å². The van der Waals surface area contributed by atoms with Crippen molar-refractivity contribution in [2.75, 3.05) is 17.1 Å². The summed E-state index contributed by atoms with van der Waals surface area (Å²) in [6, 6.07) is 9.50. The number of aryl methyl sites for hydroxylation is 2. The van der Waals surface area contributed by atoms with E-state index in [2.05, 4.69) is 5.32 Å². The van der Waals surface area contributed by atoms with Crippen LogP contribution >= 0.6 is 23.2 Å². The summed E-state index contributed by atoms with van der Waals surface area (Å²) in [6.45, 7) is 5.09. The molecule has 1 aliphatic carbocycles. The number of nitrogens with one attached hydrogen (secondary N) is 1. The smallest absolute Gasteiger partial charge is 0.244 e. The van der Waals surface area contributed by atoms with Crippen LogP contribution in [-0.4, -0.2) is 50.0 Å². The molecule has 1 N–H and O–H groups in total. The van der Waals surface area contributed by atoms with Gasteiger partial charge in [0.25, 0.3) is 0 Å². The van der Waals surface area contributed by atoms with Gasteiger partial charge in [-0.25, -0.2) is 8.42 Å². The number of nitrogens with zero attached hydrogens (tertiary/aromatic N) is 2. The zero-order chi connectivity index (χ0) is 26.6. The van der Waals surface area contributed by atoms with Crippen molar-refractivity contribution in [2.45, 2.75) is 65.1 Å². The third kappa shape index (κ3) is 7.14. The molecule has 196 valence electrons. The Morgan fingerprint density at radius 2 is 1.69 bits per heavy atom. The van der Waals surface area contributed by atoms with Gasteiger partial charge in [-0.15, -0.1) is 0 Å². The van der Waals surface area contributed by atoms with Crippen LogP contribution in [0.15, 0.2) is 36.4 Å². The average Bonchev–Trinajstić information content (AvgIpc) is 3.31. The van der Waals surface area contributed by atoms with E-state index in [0.29, 0.717) is 21.3 Å². The van der Waals surface area contributed by atoms with Crippen molar-refractivity contribution < 1.29 is 18.0 Å². The molecule has 1 saturated carbocycles. The second kappa shape index (κ2) is 11.8. The molecule has 7 nitrogen and oxygen atoms in total. The molecule has 0 radical (unpaired) electrons. The molecule has 2 aromatic carbocycles. The number of sulfonamides is 1. The largest absolute Gasteiger partial charge is 0.352 e. The first kappa shape index (κ1) is 28.3. The van der Waals surface area contributed by atoms with Crippen molar-refractivity contribution in [2.24, 2.45) is 0 Å². The van der Waals surface area contributed by atoms with E-state index in [4.69, 9.17) is 23.2 Å². The lowest BCUT2D eigenvalue weighted by Gasteiger charge is -2.32. The van der Waals surface area contributed by atoms with Gasteiger partial charge in [0.15, 0.2) is 0 Å². The lowest BCUT2D eigenvalue weighted by atomic mass is 10.1. The molecule has 1 atom stereocenters. The van der Waals surface area contributed by atoms with E-state index in [0.717, 1.165) is 47.4 Å². The van der Waals surface area contributed by atoms with Gasteiger partial charge in [-0.05, 0) is 74.6 Å². The average molecular weight is 555 g/mol. The molecule has 0 bridgehead atoms. The maximum Gasteiger partial charge on any atom is 0.244 e. The molecular formula is C26H33Cl2N3O4S. The van der Waals surface area contributed by atoms with Gasteiger partial charge in [0.1, 0.15) is 12.6 Å². The summed E-state index contributed by atoms with van der Waals surface area (Å²) in [5.74, 6) is -0.772. The van der Waals surface area contributed by atoms with Gasteiger partial charge in [0.05, 0.1) is 22.0 Å². The molecule has 1 unspecified atom stereocenters. The molecule has 2 aromatic rings. The van der Waals surface area contributed by atoms with Crippen LogP contribution in [0.1, 0.15) is 49.3 Å². The van der Waals surface area contributed by atoms with E-state index in [-0.39, 0.29) is 18.5 Å². The summed E-state index contributed by atoms with van der Waals surface area (Å²) in [7, 11) is -3.78. The highest BCUT2D eigenvalue weighted by atomic mass is 35.5. The Balaban J connectivity index is 1.91. The summed E-state index contributed by atoms with van der Waals surface area (Å²) in [6.07, 6.45) is 5.01. The van der Waals surface area contributed by atoms with E-state index in [9.17, 15) is 18.0 Å². The van der Waals surface area contributed by atoms with E-state index in [1.54, 1.807) is 37.3 Å². The number of anilines is 1. The van der Waals surface area contributed by atoms with Gasteiger partial charge in [0, 0.05) is 12.6 Å². The van der Waals surface area contributed by atoms with Crippen molar-refractivity contribution in [1.29, 1.82) is 0 Å². The molecule has 1 fully saturated rings. The van der Waals surface area contributed by atoms with Crippen LogP contribution in [0.5, 0.6) is 0 Å². The summed E-state index contributed by atoms with van der Waals surface area (Å²) in [4.78, 5) is 28.1. The highest BCUT2D eigenvalue weighted by molar-refractivity contribution is 7.92. The lowest BCUT2D eigenvalue weighted by Crippen LogP contribution is -2.52. The summed E-state index contributed by atoms with van der Waals surface area (Å²) < 4.78 is 26.5. The van der Waals surface area contributed by atoms with Crippen LogP contribution in [0.2, 0.25) is 10.0 Å². The topological polar surface area (TPSA) is 86.8 Å². The Morgan fingerprint density at radius 1 is 1.03 bits per heavy atom. The fourth-order valence-electron chi connectivity index (χ4n) is 4.30. The molecule has 0 spiro atoms. The molecule has 0 aliphatic heterocycles. The van der Waals surface area contributed by atoms with E-state index in [1.165, 1.54) is 4.90 Å². The molecule has 10 heteroatoms. The van der Waals surface area contributed by atoms with Gasteiger partial charge in [-0.3, -0.25) is 13.9 Å². The molecular weight excluding hydrogens is 521 g/mol. The molecule has 0 aromatic heterocycles. The quantitative estimate of drug-likeness (QED) is 0.480. The van der Waals surface area contributed by atoms with E-state index < -0.39 is 28.5 Å². The number of amides is 2. The van der Waals surface area contributed by atoms with Crippen LogP contribution in [0.4, 0.5) is 5.69 Å². The SMILES string of the molecule is Cc1ccc(N(CC(=O)N(Cc2ccc(Cl)c(Cl)c2)C(C)C(=O)NC2CCCC2)S(C)(=O)=O)cc1C. The van der Waals surface area contributed by atoms with Gasteiger partial charge in [-0.2, -0.15) is 0 Å². The number of halogens is 2. The second-order valence-corrected chi connectivity index (χ2v) is 12.2. The highest BCUT2D eigenvalue weighted by Gasteiger charge is 2.31. The monoisotopic (exact) mass is 553 g/mol. The zero-order valence-corrected chi connectivity index (χ0v) is 23.4. The van der Waals surface area contributed by atoms with E-state index >= 15 is 0 Å². The third-order valence-corrected chi connectivity index (χ3v) is 8.54. The van der Waals surface area contributed by atoms with Crippen LogP contribution in [0, 0.1) is 13.8 Å². The Kier molecular flexibility index (Phi) is 9.30. The summed E-state index contributed by atoms with van der Waals surface area (Å²) >= 11 is 12.2. The minimum absolute atomic E-state index is 0.0690. The van der Waals surface area contributed by atoms with Gasteiger partial charge in [0.2, 0.25) is 21.8 Å². The van der Waals surface area contributed by atoms with Crippen molar-refractivity contribution in [3.8, 4) is 0 Å². The maximum absolute atomic E-state index is 13.6. The van der Waals surface area contributed by atoms with Crippen molar-refractivity contribution >= 4 is 50.7 Å². The Labute approximate surface area is 223 Å². The van der Waals surface area contributed by atoms with Gasteiger partial charge >= 0.3 is 0 Å². The Hall–Kier alpha value is -2.29. The predicted octanol–water partition coefficient (Wildman–Crippen LogP) is 4.85. The van der Waals surface area contributed by atoms with Gasteiger partial charge < -0.3 is 10.2 Å². The highest BCUT2D eigenvalue weighted by Crippen LogP contribution is 2.25.